The summed E-state index contributed by atoms with van der Waals surface area (Å²) in [5, 5.41) is 0. The Labute approximate surface area is 134 Å². The summed E-state index contributed by atoms with van der Waals surface area (Å²) in [5.41, 5.74) is 2.14. The Balaban J connectivity index is 2.10. The van der Waals surface area contributed by atoms with Crippen LogP contribution in [0.4, 0.5) is 0 Å². The highest BCUT2D eigenvalue weighted by Gasteiger charge is 2.26. The summed E-state index contributed by atoms with van der Waals surface area (Å²) in [6.07, 6.45) is 4.13. The second-order valence-corrected chi connectivity index (χ2v) is 11.2. The molecular formula is C18H26O3Si. The van der Waals surface area contributed by atoms with Crippen LogP contribution in [-0.4, -0.2) is 21.2 Å². The van der Waals surface area contributed by atoms with E-state index in [1.165, 1.54) is 5.56 Å². The molecule has 0 bridgehead atoms. The number of benzene rings is 1. The van der Waals surface area contributed by atoms with E-state index in [0.717, 1.165) is 42.8 Å². The lowest BCUT2D eigenvalue weighted by Gasteiger charge is -2.27. The molecule has 3 nitrogen and oxygen atoms in total. The Morgan fingerprint density at radius 3 is 2.32 bits per heavy atom. The van der Waals surface area contributed by atoms with Gasteiger partial charge in [0.15, 0.2) is 5.78 Å². The van der Waals surface area contributed by atoms with E-state index in [2.05, 4.69) is 31.8 Å². The van der Waals surface area contributed by atoms with Crippen LogP contribution in [0, 0.1) is 0 Å². The zero-order chi connectivity index (χ0) is 16.2. The van der Waals surface area contributed by atoms with Crippen LogP contribution in [0.3, 0.4) is 0 Å². The van der Waals surface area contributed by atoms with Gasteiger partial charge in [-0.05, 0) is 56.6 Å². The molecule has 0 amide bonds. The highest BCUT2D eigenvalue weighted by molar-refractivity contribution is 6.70. The summed E-state index contributed by atoms with van der Waals surface area (Å²) in [6.45, 7) is 6.50. The van der Waals surface area contributed by atoms with Gasteiger partial charge in [0, 0.05) is 18.4 Å². The van der Waals surface area contributed by atoms with Crippen LogP contribution >= 0.6 is 0 Å². The van der Waals surface area contributed by atoms with Gasteiger partial charge in [-0.2, -0.15) is 0 Å². The van der Waals surface area contributed by atoms with E-state index in [-0.39, 0.29) is 5.78 Å². The Morgan fingerprint density at radius 2 is 1.73 bits per heavy atom. The molecule has 0 radical (unpaired) electrons. The smallest absolute Gasteiger partial charge is 0.241 e. The van der Waals surface area contributed by atoms with Crippen LogP contribution in [-0.2, 0) is 15.6 Å². The van der Waals surface area contributed by atoms with E-state index in [9.17, 15) is 4.79 Å². The summed E-state index contributed by atoms with van der Waals surface area (Å²) < 4.78 is 11.3. The van der Waals surface area contributed by atoms with Crippen LogP contribution in [0.1, 0.15) is 31.2 Å². The van der Waals surface area contributed by atoms with Crippen molar-refractivity contribution in [2.24, 2.45) is 0 Å². The summed E-state index contributed by atoms with van der Waals surface area (Å²) in [4.78, 5) is 12.3. The van der Waals surface area contributed by atoms with Crippen molar-refractivity contribution < 1.29 is 14.0 Å². The quantitative estimate of drug-likeness (QED) is 0.725. The normalized spacial score (nSPS) is 15.9. The van der Waals surface area contributed by atoms with E-state index in [4.69, 9.17) is 9.16 Å². The molecule has 2 rings (SSSR count). The molecular weight excluding hydrogens is 292 g/mol. The van der Waals surface area contributed by atoms with Crippen molar-refractivity contribution in [3.05, 3.63) is 41.2 Å². The lowest BCUT2D eigenvalue weighted by Crippen LogP contribution is -2.27. The molecule has 4 heteroatoms. The zero-order valence-corrected chi connectivity index (χ0v) is 15.1. The van der Waals surface area contributed by atoms with E-state index >= 15 is 0 Å². The number of allylic oxidation sites excluding steroid dienone is 2. The van der Waals surface area contributed by atoms with Gasteiger partial charge in [-0.15, -0.1) is 0 Å². The van der Waals surface area contributed by atoms with Gasteiger partial charge in [-0.25, -0.2) is 0 Å². The monoisotopic (exact) mass is 318 g/mol. The third-order valence-corrected chi connectivity index (χ3v) is 4.59. The minimum absolute atomic E-state index is 0.271. The second-order valence-electron chi connectivity index (χ2n) is 6.74. The number of hydrogen-bond donors (Lipinski definition) is 0. The van der Waals surface area contributed by atoms with Gasteiger partial charge in [0.05, 0.1) is 12.9 Å². The number of Topliss-reactive ketones (excluding diaryl/α,β-unsaturated/α-hetero) is 1. The lowest BCUT2D eigenvalue weighted by atomic mass is 9.92. The molecule has 0 spiro atoms. The molecule has 0 unspecified atom stereocenters. The largest absolute Gasteiger partial charge is 0.547 e. The highest BCUT2D eigenvalue weighted by atomic mass is 28.4. The first-order chi connectivity index (χ1) is 10.4. The number of methoxy groups -OCH3 is 1. The van der Waals surface area contributed by atoms with E-state index in [1.807, 2.05) is 12.1 Å². The van der Waals surface area contributed by atoms with Crippen molar-refractivity contribution in [2.75, 3.05) is 7.11 Å². The Morgan fingerprint density at radius 1 is 1.05 bits per heavy atom. The van der Waals surface area contributed by atoms with Crippen LogP contribution in [0.25, 0.3) is 0 Å². The highest BCUT2D eigenvalue weighted by Crippen LogP contribution is 2.29. The van der Waals surface area contributed by atoms with Crippen LogP contribution in [0.5, 0.6) is 5.75 Å². The van der Waals surface area contributed by atoms with Crippen molar-refractivity contribution in [1.29, 1.82) is 0 Å². The van der Waals surface area contributed by atoms with Gasteiger partial charge in [0.1, 0.15) is 5.75 Å². The molecule has 0 aliphatic heterocycles. The first kappa shape index (κ1) is 16.8. The third kappa shape index (κ3) is 4.73. The minimum Gasteiger partial charge on any atom is -0.547 e. The van der Waals surface area contributed by atoms with Crippen LogP contribution in [0.15, 0.2) is 35.6 Å². The molecule has 0 heterocycles. The maximum Gasteiger partial charge on any atom is 0.241 e. The fourth-order valence-corrected chi connectivity index (χ4v) is 3.65. The molecule has 0 atom stereocenters. The molecule has 0 aromatic heterocycles. The standard InChI is InChI=1S/C18H26O3Si/c1-20-15-11-8-14(9-12-15)10-13-16-17(19)6-5-7-18(16)21-22(2,3)4/h8-9,11-12H,5-7,10,13H2,1-4H3. The summed E-state index contributed by atoms with van der Waals surface area (Å²) in [5.74, 6) is 2.09. The molecule has 1 aromatic rings. The maximum atomic E-state index is 12.3. The molecule has 0 saturated carbocycles. The summed E-state index contributed by atoms with van der Waals surface area (Å²) in [7, 11) is 0.00384. The SMILES string of the molecule is COc1ccc(CCC2=C(O[Si](C)(C)C)CCCC2=O)cc1. The Hall–Kier alpha value is -1.55. The fourth-order valence-electron chi connectivity index (χ4n) is 2.69. The average molecular weight is 318 g/mol. The van der Waals surface area contributed by atoms with Gasteiger partial charge in [-0.3, -0.25) is 4.79 Å². The Bertz CT molecular complexity index is 553. The van der Waals surface area contributed by atoms with Gasteiger partial charge in [0.2, 0.25) is 8.32 Å². The van der Waals surface area contributed by atoms with Crippen molar-refractivity contribution in [3.63, 3.8) is 0 Å². The van der Waals surface area contributed by atoms with Crippen molar-refractivity contribution in [1.82, 2.24) is 0 Å². The predicted molar refractivity (Wildman–Crippen MR) is 91.6 cm³/mol. The average Bonchev–Trinajstić information content (AvgIpc) is 2.46. The number of ether oxygens (including phenoxy) is 1. The molecule has 0 saturated heterocycles. The Kier molecular flexibility index (Phi) is 5.45. The van der Waals surface area contributed by atoms with E-state index in [0.29, 0.717) is 6.42 Å². The molecule has 0 fully saturated rings. The maximum absolute atomic E-state index is 12.3. The first-order valence-electron chi connectivity index (χ1n) is 7.96. The number of rotatable bonds is 6. The van der Waals surface area contributed by atoms with Gasteiger partial charge in [-0.1, -0.05) is 12.1 Å². The second kappa shape index (κ2) is 7.14. The fraction of sp³-hybridized carbons (Fsp3) is 0.500. The predicted octanol–water partition coefficient (Wildman–Crippen LogP) is 4.49. The summed E-state index contributed by atoms with van der Waals surface area (Å²) in [6, 6.07) is 8.05. The topological polar surface area (TPSA) is 35.5 Å². The summed E-state index contributed by atoms with van der Waals surface area (Å²) >= 11 is 0. The number of carbonyl (C=O) groups is 1. The molecule has 1 aliphatic carbocycles. The molecule has 1 aliphatic rings. The van der Waals surface area contributed by atoms with Crippen molar-refractivity contribution in [3.8, 4) is 5.75 Å². The molecule has 0 N–H and O–H groups in total. The molecule has 1 aromatic carbocycles. The van der Waals surface area contributed by atoms with Gasteiger partial charge >= 0.3 is 0 Å². The van der Waals surface area contributed by atoms with Crippen LogP contribution in [0.2, 0.25) is 19.6 Å². The minimum atomic E-state index is -1.66. The zero-order valence-electron chi connectivity index (χ0n) is 14.1. The van der Waals surface area contributed by atoms with Crippen LogP contribution < -0.4 is 4.74 Å². The molecule has 22 heavy (non-hydrogen) atoms. The number of aryl methyl sites for hydroxylation is 1. The first-order valence-corrected chi connectivity index (χ1v) is 11.4. The number of carbonyl (C=O) groups excluding carboxylic acids is 1. The lowest BCUT2D eigenvalue weighted by molar-refractivity contribution is -0.116. The van der Waals surface area contributed by atoms with E-state index < -0.39 is 8.32 Å². The van der Waals surface area contributed by atoms with E-state index in [1.54, 1.807) is 7.11 Å². The third-order valence-electron chi connectivity index (χ3n) is 3.73. The number of hydrogen-bond acceptors (Lipinski definition) is 3. The van der Waals surface area contributed by atoms with Gasteiger partial charge < -0.3 is 9.16 Å². The van der Waals surface area contributed by atoms with Gasteiger partial charge in [0.25, 0.3) is 0 Å². The van der Waals surface area contributed by atoms with Crippen molar-refractivity contribution in [2.45, 2.75) is 51.7 Å². The van der Waals surface area contributed by atoms with Crippen molar-refractivity contribution >= 4 is 14.1 Å². The number of ketones is 1. The molecule has 120 valence electrons.